The maximum atomic E-state index is 6.24. The Morgan fingerprint density at radius 2 is 1.75 bits per heavy atom. The molecule has 0 saturated carbocycles. The molecule has 0 atom stereocenters. The van der Waals surface area contributed by atoms with Crippen LogP contribution in [0.2, 0.25) is 5.02 Å². The third-order valence-electron chi connectivity index (χ3n) is 2.86. The zero-order valence-corrected chi connectivity index (χ0v) is 11.9. The minimum atomic E-state index is 0.566. The number of hydrogen-bond acceptors (Lipinski definition) is 3. The summed E-state index contributed by atoms with van der Waals surface area (Å²) >= 11 is 6.23. The topological polar surface area (TPSA) is 64.4 Å². The molecule has 0 aliphatic heterocycles. The molecule has 2 aromatic rings. The van der Waals surface area contributed by atoms with Crippen LogP contribution in [-0.4, -0.2) is 6.21 Å². The van der Waals surface area contributed by atoms with Gasteiger partial charge in [-0.15, -0.1) is 0 Å². The van der Waals surface area contributed by atoms with E-state index in [0.29, 0.717) is 22.1 Å². The molecule has 0 radical (unpaired) electrons. The number of nitrogens with two attached hydrogens (primary N) is 2. The Morgan fingerprint density at radius 1 is 1.10 bits per heavy atom. The highest BCUT2D eigenvalue weighted by Gasteiger charge is 2.10. The van der Waals surface area contributed by atoms with Crippen molar-refractivity contribution in [2.24, 2.45) is 10.7 Å². The van der Waals surface area contributed by atoms with E-state index in [1.165, 1.54) is 0 Å². The lowest BCUT2D eigenvalue weighted by molar-refractivity contribution is 1.44. The van der Waals surface area contributed by atoms with E-state index in [4.69, 9.17) is 23.1 Å². The van der Waals surface area contributed by atoms with Crippen LogP contribution in [-0.2, 0) is 0 Å². The molecule has 0 bridgehead atoms. The second-order valence-corrected chi connectivity index (χ2v) is 4.66. The summed E-state index contributed by atoms with van der Waals surface area (Å²) in [6, 6.07) is 14.8. The summed E-state index contributed by atoms with van der Waals surface area (Å²) in [5.41, 5.74) is 15.5. The first-order valence-corrected chi connectivity index (χ1v) is 6.60. The van der Waals surface area contributed by atoms with Crippen LogP contribution < -0.4 is 11.5 Å². The highest BCUT2D eigenvalue weighted by Crippen LogP contribution is 2.29. The van der Waals surface area contributed by atoms with Gasteiger partial charge in [-0.2, -0.15) is 0 Å². The van der Waals surface area contributed by atoms with Crippen molar-refractivity contribution in [3.8, 4) is 0 Å². The van der Waals surface area contributed by atoms with E-state index in [1.807, 2.05) is 55.5 Å². The van der Waals surface area contributed by atoms with E-state index in [1.54, 1.807) is 6.21 Å². The Morgan fingerprint density at radius 3 is 2.35 bits per heavy atom. The lowest BCUT2D eigenvalue weighted by Gasteiger charge is -2.10. The van der Waals surface area contributed by atoms with Crippen LogP contribution in [0.5, 0.6) is 0 Å². The van der Waals surface area contributed by atoms with Gasteiger partial charge in [-0.3, -0.25) is 4.99 Å². The first-order valence-electron chi connectivity index (χ1n) is 6.22. The molecule has 0 aliphatic rings. The van der Waals surface area contributed by atoms with Gasteiger partial charge in [-0.1, -0.05) is 41.9 Å². The van der Waals surface area contributed by atoms with Gasteiger partial charge in [-0.05, 0) is 30.7 Å². The van der Waals surface area contributed by atoms with Crippen LogP contribution in [0.4, 0.5) is 5.69 Å². The second-order valence-electron chi connectivity index (χ2n) is 4.25. The fourth-order valence-electron chi connectivity index (χ4n) is 1.87. The lowest BCUT2D eigenvalue weighted by Crippen LogP contribution is -2.01. The first-order chi connectivity index (χ1) is 9.63. The number of hydrogen-bond donors (Lipinski definition) is 2. The Balaban J connectivity index is 2.60. The summed E-state index contributed by atoms with van der Waals surface area (Å²) in [6.07, 6.45) is 1.70. The molecule has 0 aliphatic carbocycles. The normalized spacial score (nSPS) is 12.5. The molecule has 102 valence electrons. The summed E-state index contributed by atoms with van der Waals surface area (Å²) in [5.74, 6) is 0. The molecule has 0 heterocycles. The van der Waals surface area contributed by atoms with Crippen molar-refractivity contribution in [3.63, 3.8) is 0 Å². The van der Waals surface area contributed by atoms with E-state index >= 15 is 0 Å². The average Bonchev–Trinajstić information content (AvgIpc) is 2.46. The Kier molecular flexibility index (Phi) is 4.43. The van der Waals surface area contributed by atoms with Crippen molar-refractivity contribution in [2.75, 3.05) is 5.73 Å². The average molecular weight is 286 g/mol. The molecule has 2 aromatic carbocycles. The molecule has 0 saturated heterocycles. The maximum Gasteiger partial charge on any atom is 0.0948 e. The van der Waals surface area contributed by atoms with Crippen molar-refractivity contribution in [3.05, 3.63) is 64.7 Å². The largest absolute Gasteiger partial charge is 0.399 e. The van der Waals surface area contributed by atoms with Gasteiger partial charge in [-0.25, -0.2) is 0 Å². The third kappa shape index (κ3) is 3.00. The maximum absolute atomic E-state index is 6.24. The van der Waals surface area contributed by atoms with Gasteiger partial charge in [0.2, 0.25) is 0 Å². The van der Waals surface area contributed by atoms with E-state index in [9.17, 15) is 0 Å². The fourth-order valence-corrected chi connectivity index (χ4v) is 2.09. The zero-order valence-electron chi connectivity index (χ0n) is 11.2. The molecule has 3 nitrogen and oxygen atoms in total. The van der Waals surface area contributed by atoms with Crippen LogP contribution in [0.3, 0.4) is 0 Å². The second kappa shape index (κ2) is 6.26. The van der Waals surface area contributed by atoms with Gasteiger partial charge in [0.15, 0.2) is 0 Å². The molecular formula is C16H16ClN3. The Bertz CT molecular complexity index is 658. The van der Waals surface area contributed by atoms with Crippen molar-refractivity contribution >= 4 is 34.9 Å². The van der Waals surface area contributed by atoms with Crippen molar-refractivity contribution in [1.29, 1.82) is 0 Å². The number of anilines is 1. The highest BCUT2D eigenvalue weighted by atomic mass is 35.5. The van der Waals surface area contributed by atoms with E-state index in [-0.39, 0.29) is 0 Å². The minimum Gasteiger partial charge on any atom is -0.399 e. The lowest BCUT2D eigenvalue weighted by atomic mass is 10.1. The Hall–Kier alpha value is -2.26. The molecule has 0 aromatic heterocycles. The van der Waals surface area contributed by atoms with Gasteiger partial charge in [0, 0.05) is 17.5 Å². The quantitative estimate of drug-likeness (QED) is 0.512. The number of aliphatic imine (C=N–C) groups is 1. The number of rotatable bonds is 3. The number of halogens is 1. The molecular weight excluding hydrogens is 270 g/mol. The highest BCUT2D eigenvalue weighted by molar-refractivity contribution is 6.32. The monoisotopic (exact) mass is 285 g/mol. The third-order valence-corrected chi connectivity index (χ3v) is 3.19. The van der Waals surface area contributed by atoms with E-state index < -0.39 is 0 Å². The number of benzene rings is 2. The molecule has 0 amide bonds. The minimum absolute atomic E-state index is 0.566. The summed E-state index contributed by atoms with van der Waals surface area (Å²) in [7, 11) is 0. The van der Waals surface area contributed by atoms with E-state index in [2.05, 4.69) is 4.99 Å². The fraction of sp³-hybridized carbons (Fsp3) is 0.0625. The predicted molar refractivity (Wildman–Crippen MR) is 87.5 cm³/mol. The SMILES string of the molecule is C/C=N\C(=C(/N)c1ccc(N)cc1)c1ccccc1Cl. The van der Waals surface area contributed by atoms with Crippen LogP contribution in [0.25, 0.3) is 11.4 Å². The molecule has 20 heavy (non-hydrogen) atoms. The zero-order chi connectivity index (χ0) is 14.5. The number of nitrogen functional groups attached to an aromatic ring is 1. The molecule has 4 heteroatoms. The van der Waals surface area contributed by atoms with Crippen LogP contribution in [0, 0.1) is 0 Å². The van der Waals surface area contributed by atoms with E-state index in [0.717, 1.165) is 11.1 Å². The van der Waals surface area contributed by atoms with Gasteiger partial charge in [0.1, 0.15) is 0 Å². The van der Waals surface area contributed by atoms with Gasteiger partial charge in [0.25, 0.3) is 0 Å². The van der Waals surface area contributed by atoms with Crippen LogP contribution in [0.1, 0.15) is 18.1 Å². The van der Waals surface area contributed by atoms with Gasteiger partial charge < -0.3 is 11.5 Å². The standard InChI is InChI=1S/C16H16ClN3/c1-2-20-16(13-5-3-4-6-14(13)17)15(19)11-7-9-12(18)10-8-11/h2-10H,18-19H2,1H3/b16-15-,20-2-. The molecule has 4 N–H and O–H groups in total. The summed E-state index contributed by atoms with van der Waals surface area (Å²) in [6.45, 7) is 1.84. The molecule has 0 fully saturated rings. The van der Waals surface area contributed by atoms with Crippen molar-refractivity contribution in [2.45, 2.75) is 6.92 Å². The van der Waals surface area contributed by atoms with Crippen LogP contribution in [0.15, 0.2) is 53.5 Å². The summed E-state index contributed by atoms with van der Waals surface area (Å²) < 4.78 is 0. The summed E-state index contributed by atoms with van der Waals surface area (Å²) in [5, 5.41) is 0.617. The molecule has 2 rings (SSSR count). The number of nitrogens with zero attached hydrogens (tertiary/aromatic N) is 1. The molecule has 0 spiro atoms. The summed E-state index contributed by atoms with van der Waals surface area (Å²) in [4.78, 5) is 4.37. The van der Waals surface area contributed by atoms with Gasteiger partial charge in [0.05, 0.1) is 16.4 Å². The predicted octanol–water partition coefficient (Wildman–Crippen LogP) is 3.80. The van der Waals surface area contributed by atoms with Crippen LogP contribution >= 0.6 is 11.6 Å². The molecule has 0 unspecified atom stereocenters. The Labute approximate surface area is 123 Å². The van der Waals surface area contributed by atoms with Crippen molar-refractivity contribution in [1.82, 2.24) is 0 Å². The first kappa shape index (κ1) is 14.2. The smallest absolute Gasteiger partial charge is 0.0948 e. The van der Waals surface area contributed by atoms with Crippen molar-refractivity contribution < 1.29 is 0 Å². The van der Waals surface area contributed by atoms with Gasteiger partial charge >= 0.3 is 0 Å².